The number of halogens is 2. The number of carbonyl (C=O) groups is 2. The highest BCUT2D eigenvalue weighted by molar-refractivity contribution is 6.35. The van der Waals surface area contributed by atoms with Crippen LogP contribution in [-0.4, -0.2) is 23.3 Å². The van der Waals surface area contributed by atoms with E-state index in [1.54, 1.807) is 17.0 Å². The predicted molar refractivity (Wildman–Crippen MR) is 103 cm³/mol. The van der Waals surface area contributed by atoms with Crippen molar-refractivity contribution >= 4 is 46.4 Å². The molecule has 0 spiro atoms. The van der Waals surface area contributed by atoms with Gasteiger partial charge in [-0.15, -0.1) is 0 Å². The lowest BCUT2D eigenvalue weighted by Gasteiger charge is -2.16. The van der Waals surface area contributed by atoms with Crippen molar-refractivity contribution in [2.75, 3.05) is 16.8 Å². The summed E-state index contributed by atoms with van der Waals surface area (Å²) in [6, 6.07) is 10.1. The number of anilines is 2. The SMILES string of the molecule is O=C(Nc1ccc2c(c1)CCN2C(=O)c1ccoc1)c1nc(Cl)ccc1Cl. The molecule has 0 saturated carbocycles. The van der Waals surface area contributed by atoms with Gasteiger partial charge < -0.3 is 14.6 Å². The third-order valence-corrected chi connectivity index (χ3v) is 4.79. The van der Waals surface area contributed by atoms with Crippen LogP contribution in [0.3, 0.4) is 0 Å². The zero-order valence-electron chi connectivity index (χ0n) is 13.9. The minimum absolute atomic E-state index is 0.0569. The van der Waals surface area contributed by atoms with Crippen molar-refractivity contribution in [3.63, 3.8) is 0 Å². The number of amides is 2. The van der Waals surface area contributed by atoms with Gasteiger partial charge in [0, 0.05) is 17.9 Å². The average Bonchev–Trinajstić information content (AvgIpc) is 3.32. The minimum Gasteiger partial charge on any atom is -0.472 e. The van der Waals surface area contributed by atoms with Crippen LogP contribution in [0.4, 0.5) is 11.4 Å². The number of hydrogen-bond acceptors (Lipinski definition) is 4. The van der Waals surface area contributed by atoms with Crippen LogP contribution in [-0.2, 0) is 6.42 Å². The number of nitrogens with one attached hydrogen (secondary N) is 1. The average molecular weight is 402 g/mol. The Kier molecular flexibility index (Phi) is 4.59. The summed E-state index contributed by atoms with van der Waals surface area (Å²) in [6.07, 6.45) is 3.59. The molecular formula is C19H13Cl2N3O3. The number of furan rings is 1. The molecule has 1 aliphatic heterocycles. The van der Waals surface area contributed by atoms with Crippen LogP contribution >= 0.6 is 23.2 Å². The molecule has 27 heavy (non-hydrogen) atoms. The Labute approximate surface area is 164 Å². The molecule has 136 valence electrons. The van der Waals surface area contributed by atoms with Crippen molar-refractivity contribution in [2.45, 2.75) is 6.42 Å². The van der Waals surface area contributed by atoms with Crippen LogP contribution in [0.15, 0.2) is 53.3 Å². The third-order valence-electron chi connectivity index (χ3n) is 4.27. The van der Waals surface area contributed by atoms with E-state index in [1.807, 2.05) is 12.1 Å². The molecule has 0 unspecified atom stereocenters. The van der Waals surface area contributed by atoms with Gasteiger partial charge in [-0.1, -0.05) is 23.2 Å². The quantitative estimate of drug-likeness (QED) is 0.658. The maximum Gasteiger partial charge on any atom is 0.275 e. The number of benzene rings is 1. The van der Waals surface area contributed by atoms with E-state index in [9.17, 15) is 9.59 Å². The summed E-state index contributed by atoms with van der Waals surface area (Å²) in [7, 11) is 0. The Morgan fingerprint density at radius 1 is 1.15 bits per heavy atom. The van der Waals surface area contributed by atoms with E-state index in [1.165, 1.54) is 24.7 Å². The lowest BCUT2D eigenvalue weighted by molar-refractivity contribution is 0.0986. The van der Waals surface area contributed by atoms with Gasteiger partial charge in [-0.25, -0.2) is 4.98 Å². The molecule has 0 bridgehead atoms. The van der Waals surface area contributed by atoms with Gasteiger partial charge in [-0.05, 0) is 48.4 Å². The fraction of sp³-hybridized carbons (Fsp3) is 0.105. The first-order valence-corrected chi connectivity index (χ1v) is 8.89. The van der Waals surface area contributed by atoms with Crippen molar-refractivity contribution in [3.8, 4) is 0 Å². The molecule has 1 N–H and O–H groups in total. The number of carbonyl (C=O) groups excluding carboxylic acids is 2. The van der Waals surface area contributed by atoms with Crippen molar-refractivity contribution in [3.05, 3.63) is 75.9 Å². The van der Waals surface area contributed by atoms with E-state index in [2.05, 4.69) is 10.3 Å². The third kappa shape index (κ3) is 3.41. The van der Waals surface area contributed by atoms with Gasteiger partial charge in [-0.3, -0.25) is 9.59 Å². The lowest BCUT2D eigenvalue weighted by atomic mass is 10.1. The monoisotopic (exact) mass is 401 g/mol. The molecule has 3 aromatic rings. The van der Waals surface area contributed by atoms with Crippen LogP contribution in [0.1, 0.15) is 26.4 Å². The Bertz CT molecular complexity index is 1030. The second-order valence-corrected chi connectivity index (χ2v) is 6.78. The molecule has 0 atom stereocenters. The minimum atomic E-state index is -0.452. The Hall–Kier alpha value is -2.83. The molecule has 2 amide bonds. The molecule has 0 fully saturated rings. The van der Waals surface area contributed by atoms with Gasteiger partial charge in [0.25, 0.3) is 11.8 Å². The highest BCUT2D eigenvalue weighted by Crippen LogP contribution is 2.32. The number of fused-ring (bicyclic) bond motifs is 1. The van der Waals surface area contributed by atoms with Gasteiger partial charge in [0.2, 0.25) is 0 Å². The summed E-state index contributed by atoms with van der Waals surface area (Å²) in [4.78, 5) is 30.6. The summed E-state index contributed by atoms with van der Waals surface area (Å²) < 4.78 is 4.99. The van der Waals surface area contributed by atoms with E-state index < -0.39 is 5.91 Å². The topological polar surface area (TPSA) is 75.4 Å². The smallest absolute Gasteiger partial charge is 0.275 e. The summed E-state index contributed by atoms with van der Waals surface area (Å²) in [5.74, 6) is -0.569. The molecule has 0 aliphatic carbocycles. The van der Waals surface area contributed by atoms with E-state index in [0.717, 1.165) is 11.3 Å². The maximum absolute atomic E-state index is 12.5. The van der Waals surface area contributed by atoms with Crippen molar-refractivity contribution in [2.24, 2.45) is 0 Å². The summed E-state index contributed by atoms with van der Waals surface area (Å²) in [5, 5.41) is 3.17. The second kappa shape index (κ2) is 7.06. The molecule has 1 aliphatic rings. The molecule has 4 rings (SSSR count). The van der Waals surface area contributed by atoms with Gasteiger partial charge in [0.15, 0.2) is 0 Å². The van der Waals surface area contributed by atoms with Crippen LogP contribution in [0.5, 0.6) is 0 Å². The van der Waals surface area contributed by atoms with Crippen LogP contribution < -0.4 is 10.2 Å². The van der Waals surface area contributed by atoms with E-state index >= 15 is 0 Å². The number of nitrogens with zero attached hydrogens (tertiary/aromatic N) is 2. The summed E-state index contributed by atoms with van der Waals surface area (Å²) in [5.41, 5.74) is 2.94. The molecule has 0 saturated heterocycles. The number of aromatic nitrogens is 1. The van der Waals surface area contributed by atoms with Gasteiger partial charge in [-0.2, -0.15) is 0 Å². The van der Waals surface area contributed by atoms with E-state index in [-0.39, 0.29) is 21.8 Å². The first-order valence-electron chi connectivity index (χ1n) is 8.13. The van der Waals surface area contributed by atoms with Crippen LogP contribution in [0, 0.1) is 0 Å². The van der Waals surface area contributed by atoms with Gasteiger partial charge in [0.1, 0.15) is 17.1 Å². The van der Waals surface area contributed by atoms with E-state index in [0.29, 0.717) is 24.2 Å². The Balaban J connectivity index is 1.55. The molecular weight excluding hydrogens is 389 g/mol. The summed E-state index contributed by atoms with van der Waals surface area (Å²) in [6.45, 7) is 0.568. The Morgan fingerprint density at radius 3 is 2.78 bits per heavy atom. The normalized spacial score (nSPS) is 12.7. The second-order valence-electron chi connectivity index (χ2n) is 5.98. The standard InChI is InChI=1S/C19H13Cl2N3O3/c20-14-2-4-16(21)23-17(14)18(25)22-13-1-3-15-11(9-13)5-7-24(15)19(26)12-6-8-27-10-12/h1-4,6,8-10H,5,7H2,(H,22,25). The highest BCUT2D eigenvalue weighted by atomic mass is 35.5. The van der Waals surface area contributed by atoms with E-state index in [4.69, 9.17) is 27.6 Å². The molecule has 8 heteroatoms. The van der Waals surface area contributed by atoms with Crippen LogP contribution in [0.2, 0.25) is 10.2 Å². The van der Waals surface area contributed by atoms with Crippen molar-refractivity contribution < 1.29 is 14.0 Å². The number of hydrogen-bond donors (Lipinski definition) is 1. The molecule has 3 heterocycles. The lowest BCUT2D eigenvalue weighted by Crippen LogP contribution is -2.28. The van der Waals surface area contributed by atoms with Gasteiger partial charge in [0.05, 0.1) is 16.8 Å². The highest BCUT2D eigenvalue weighted by Gasteiger charge is 2.26. The van der Waals surface area contributed by atoms with Crippen molar-refractivity contribution in [1.29, 1.82) is 0 Å². The molecule has 1 aromatic carbocycles. The zero-order chi connectivity index (χ0) is 19.0. The number of rotatable bonds is 3. The Morgan fingerprint density at radius 2 is 2.00 bits per heavy atom. The molecule has 2 aromatic heterocycles. The zero-order valence-corrected chi connectivity index (χ0v) is 15.4. The first-order chi connectivity index (χ1) is 13.0. The number of pyridine rings is 1. The first kappa shape index (κ1) is 17.6. The van der Waals surface area contributed by atoms with Crippen LogP contribution in [0.25, 0.3) is 0 Å². The molecule has 6 nitrogen and oxygen atoms in total. The van der Waals surface area contributed by atoms with Gasteiger partial charge >= 0.3 is 0 Å². The summed E-state index contributed by atoms with van der Waals surface area (Å²) >= 11 is 11.9. The van der Waals surface area contributed by atoms with Crippen molar-refractivity contribution in [1.82, 2.24) is 4.98 Å². The predicted octanol–water partition coefficient (Wildman–Crippen LogP) is 4.44. The fourth-order valence-electron chi connectivity index (χ4n) is 3.00. The molecule has 0 radical (unpaired) electrons. The largest absolute Gasteiger partial charge is 0.472 e. The fourth-order valence-corrected chi connectivity index (χ4v) is 3.34. The maximum atomic E-state index is 12.5.